The Labute approximate surface area is 202 Å². The number of benzene rings is 2. The van der Waals surface area contributed by atoms with Crippen molar-refractivity contribution in [3.05, 3.63) is 52.5 Å². The van der Waals surface area contributed by atoms with Gasteiger partial charge in [-0.2, -0.15) is 18.2 Å². The summed E-state index contributed by atoms with van der Waals surface area (Å²) in [6.07, 6.45) is -4.84. The van der Waals surface area contributed by atoms with E-state index in [2.05, 4.69) is 20.5 Å². The van der Waals surface area contributed by atoms with Crippen molar-refractivity contribution in [2.75, 3.05) is 16.8 Å². The highest BCUT2D eigenvalue weighted by Gasteiger charge is 2.39. The Hall–Kier alpha value is -3.32. The zero-order chi connectivity index (χ0) is 25.5. The van der Waals surface area contributed by atoms with Gasteiger partial charge in [-0.15, -0.1) is 5.10 Å². The number of aromatic amines is 1. The summed E-state index contributed by atoms with van der Waals surface area (Å²) in [4.78, 5) is 15.1. The molecule has 2 heterocycles. The Balaban J connectivity index is 1.71. The van der Waals surface area contributed by atoms with Gasteiger partial charge in [-0.25, -0.2) is 13.5 Å². The van der Waals surface area contributed by atoms with Crippen LogP contribution in [0.1, 0.15) is 29.2 Å². The van der Waals surface area contributed by atoms with Crippen LogP contribution in [0.15, 0.2) is 36.4 Å². The lowest BCUT2D eigenvalue weighted by atomic mass is 9.93. The molecule has 1 aliphatic heterocycles. The molecule has 5 N–H and O–H groups in total. The number of anilines is 3. The molecule has 0 bridgehead atoms. The normalized spacial score (nSPS) is 19.9. The van der Waals surface area contributed by atoms with E-state index in [1.165, 1.54) is 30.3 Å². The van der Waals surface area contributed by atoms with Gasteiger partial charge in [0.2, 0.25) is 11.9 Å². The van der Waals surface area contributed by atoms with E-state index in [1.807, 2.05) is 0 Å². The second-order valence-corrected chi connectivity index (χ2v) is 10.8. The fourth-order valence-electron chi connectivity index (χ4n) is 4.06. The van der Waals surface area contributed by atoms with Gasteiger partial charge in [0.15, 0.2) is 9.84 Å². The predicted octanol–water partition coefficient (Wildman–Crippen LogP) is 4.42. The molecule has 1 aromatic heterocycles. The van der Waals surface area contributed by atoms with Crippen LogP contribution in [0.2, 0.25) is 5.02 Å². The number of aliphatic carboxylic acids is 1. The van der Waals surface area contributed by atoms with Crippen LogP contribution in [0, 0.1) is 5.92 Å². The zero-order valence-corrected chi connectivity index (χ0v) is 19.4. The second-order valence-electron chi connectivity index (χ2n) is 8.08. The fourth-order valence-corrected chi connectivity index (χ4v) is 6.38. The first-order chi connectivity index (χ1) is 16.3. The third-order valence-electron chi connectivity index (χ3n) is 5.76. The minimum absolute atomic E-state index is 0.0188. The monoisotopic (exact) mass is 529 g/mol. The average molecular weight is 530 g/mol. The van der Waals surface area contributed by atoms with Gasteiger partial charge in [-0.1, -0.05) is 35.9 Å². The van der Waals surface area contributed by atoms with E-state index in [0.29, 0.717) is 5.56 Å². The maximum atomic E-state index is 13.9. The van der Waals surface area contributed by atoms with Gasteiger partial charge < -0.3 is 16.2 Å². The van der Waals surface area contributed by atoms with Gasteiger partial charge in [-0.05, 0) is 36.1 Å². The lowest BCUT2D eigenvalue weighted by Gasteiger charge is -2.27. The maximum Gasteiger partial charge on any atom is 0.417 e. The van der Waals surface area contributed by atoms with Gasteiger partial charge in [0, 0.05) is 11.3 Å². The van der Waals surface area contributed by atoms with Crippen LogP contribution in [0.3, 0.4) is 0 Å². The number of nitrogens with zero attached hydrogens (tertiary/aromatic N) is 2. The van der Waals surface area contributed by atoms with E-state index in [-0.39, 0.29) is 52.3 Å². The van der Waals surface area contributed by atoms with Crippen LogP contribution in [-0.4, -0.2) is 40.4 Å². The zero-order valence-electron chi connectivity index (χ0n) is 17.8. The van der Waals surface area contributed by atoms with E-state index in [1.54, 1.807) is 0 Å². The molecule has 1 fully saturated rings. The largest absolute Gasteiger partial charge is 0.481 e. The number of aromatic nitrogens is 3. The number of carboxylic acids is 1. The Bertz CT molecular complexity index is 1380. The van der Waals surface area contributed by atoms with Gasteiger partial charge in [-0.3, -0.25) is 4.79 Å². The second kappa shape index (κ2) is 9.04. The summed E-state index contributed by atoms with van der Waals surface area (Å²) >= 11 is 6.26. The Kier molecular flexibility index (Phi) is 6.40. The molecule has 35 heavy (non-hydrogen) atoms. The molecule has 2 aromatic carbocycles. The summed E-state index contributed by atoms with van der Waals surface area (Å²) < 4.78 is 66.9. The van der Waals surface area contributed by atoms with Crippen molar-refractivity contribution >= 4 is 45.0 Å². The number of nitrogens with two attached hydrogens (primary N) is 1. The first-order valence-electron chi connectivity index (χ1n) is 10.3. The number of nitrogens with one attached hydrogen (secondary N) is 2. The van der Waals surface area contributed by atoms with E-state index in [0.717, 1.165) is 6.07 Å². The standard InChI is InChI=1S/C21H19ClF3N5O4S/c22-15-9-13(27-20-28-19(26)29-30-20)8-14(21(23,24)25)17(15)11-3-1-10(2-4-11)16-7-12(18(31)32)5-6-35(16,33)34/h1-4,8-9,12,16H,5-7H2,(H,31,32)(H4,26,27,28,29,30). The molecule has 0 amide bonds. The molecule has 0 spiro atoms. The molecule has 0 aliphatic carbocycles. The fraction of sp³-hybridized carbons (Fsp3) is 0.286. The lowest BCUT2D eigenvalue weighted by molar-refractivity contribution is -0.142. The minimum atomic E-state index is -4.77. The van der Waals surface area contributed by atoms with Gasteiger partial charge >= 0.3 is 12.1 Å². The smallest absolute Gasteiger partial charge is 0.417 e. The van der Waals surface area contributed by atoms with Crippen molar-refractivity contribution in [1.29, 1.82) is 0 Å². The van der Waals surface area contributed by atoms with Crippen LogP contribution < -0.4 is 11.1 Å². The first-order valence-corrected chi connectivity index (χ1v) is 12.3. The SMILES string of the molecule is Nc1nc(Nc2cc(Cl)c(-c3ccc(C4CC(C(=O)O)CCS4(=O)=O)cc3)c(C(F)(F)F)c2)n[nH]1. The summed E-state index contributed by atoms with van der Waals surface area (Å²) in [6.45, 7) is 0. The lowest BCUT2D eigenvalue weighted by Crippen LogP contribution is -2.31. The Morgan fingerprint density at radius 1 is 1.23 bits per heavy atom. The molecule has 4 rings (SSSR count). The molecule has 14 heteroatoms. The number of carboxylic acid groups (broad SMARTS) is 1. The highest BCUT2D eigenvalue weighted by atomic mass is 35.5. The number of rotatable bonds is 5. The van der Waals surface area contributed by atoms with Gasteiger partial charge in [0.1, 0.15) is 0 Å². The van der Waals surface area contributed by atoms with Gasteiger partial charge in [0.25, 0.3) is 0 Å². The number of alkyl halides is 3. The highest BCUT2D eigenvalue weighted by molar-refractivity contribution is 7.91. The molecule has 186 valence electrons. The van der Waals surface area contributed by atoms with Crippen molar-refractivity contribution in [3.8, 4) is 11.1 Å². The van der Waals surface area contributed by atoms with E-state index >= 15 is 0 Å². The van der Waals surface area contributed by atoms with Crippen LogP contribution in [0.25, 0.3) is 11.1 Å². The molecule has 0 saturated carbocycles. The quantitative estimate of drug-likeness (QED) is 0.379. The molecular formula is C21H19ClF3N5O4S. The molecule has 0 radical (unpaired) electrons. The molecule has 2 unspecified atom stereocenters. The summed E-state index contributed by atoms with van der Waals surface area (Å²) in [5.41, 5.74) is 4.51. The van der Waals surface area contributed by atoms with Crippen molar-refractivity contribution in [3.63, 3.8) is 0 Å². The van der Waals surface area contributed by atoms with Crippen LogP contribution in [-0.2, 0) is 20.8 Å². The number of hydrogen-bond acceptors (Lipinski definition) is 7. The van der Waals surface area contributed by atoms with Crippen LogP contribution in [0.4, 0.5) is 30.8 Å². The van der Waals surface area contributed by atoms with Crippen molar-refractivity contribution in [2.24, 2.45) is 5.92 Å². The molecular weight excluding hydrogens is 511 g/mol. The number of nitrogen functional groups attached to an aromatic ring is 1. The topological polar surface area (TPSA) is 151 Å². The third-order valence-corrected chi connectivity index (χ3v) is 8.19. The number of H-pyrrole nitrogens is 1. The molecule has 3 aromatic rings. The summed E-state index contributed by atoms with van der Waals surface area (Å²) in [6, 6.07) is 7.59. The van der Waals surface area contributed by atoms with E-state index < -0.39 is 38.7 Å². The molecule has 9 nitrogen and oxygen atoms in total. The maximum absolute atomic E-state index is 13.9. The molecule has 1 aliphatic rings. The van der Waals surface area contributed by atoms with Gasteiger partial charge in [0.05, 0.1) is 27.5 Å². The number of hydrogen-bond donors (Lipinski definition) is 4. The average Bonchev–Trinajstić information content (AvgIpc) is 3.17. The Morgan fingerprint density at radius 2 is 1.91 bits per heavy atom. The highest BCUT2D eigenvalue weighted by Crippen LogP contribution is 2.44. The van der Waals surface area contributed by atoms with E-state index in [4.69, 9.17) is 17.3 Å². The van der Waals surface area contributed by atoms with Crippen LogP contribution in [0.5, 0.6) is 0 Å². The number of halogens is 4. The molecule has 2 atom stereocenters. The Morgan fingerprint density at radius 3 is 2.49 bits per heavy atom. The van der Waals surface area contributed by atoms with E-state index in [9.17, 15) is 31.5 Å². The van der Waals surface area contributed by atoms with Crippen molar-refractivity contribution in [2.45, 2.75) is 24.3 Å². The predicted molar refractivity (Wildman–Crippen MR) is 123 cm³/mol. The third kappa shape index (κ3) is 5.20. The van der Waals surface area contributed by atoms with Crippen molar-refractivity contribution in [1.82, 2.24) is 15.2 Å². The summed E-state index contributed by atoms with van der Waals surface area (Å²) in [7, 11) is -3.59. The first kappa shape index (κ1) is 24.8. The number of sulfone groups is 1. The number of carbonyl (C=O) groups is 1. The minimum Gasteiger partial charge on any atom is -0.481 e. The molecule has 1 saturated heterocycles. The van der Waals surface area contributed by atoms with Crippen molar-refractivity contribution < 1.29 is 31.5 Å². The summed E-state index contributed by atoms with van der Waals surface area (Å²) in [5.74, 6) is -2.23. The summed E-state index contributed by atoms with van der Waals surface area (Å²) in [5, 5.41) is 16.7. The van der Waals surface area contributed by atoms with Crippen LogP contribution >= 0.6 is 11.6 Å².